The van der Waals surface area contributed by atoms with Gasteiger partial charge >= 0.3 is 0 Å². The predicted molar refractivity (Wildman–Crippen MR) is 105 cm³/mol. The van der Waals surface area contributed by atoms with E-state index < -0.39 is 0 Å². The lowest BCUT2D eigenvalue weighted by atomic mass is 10.00. The van der Waals surface area contributed by atoms with E-state index in [1.165, 1.54) is 0 Å². The molecule has 0 spiro atoms. The van der Waals surface area contributed by atoms with Gasteiger partial charge in [0.1, 0.15) is 0 Å². The van der Waals surface area contributed by atoms with E-state index in [0.717, 1.165) is 45.8 Å². The van der Waals surface area contributed by atoms with Crippen molar-refractivity contribution in [2.75, 3.05) is 11.9 Å². The average molecular weight is 375 g/mol. The Balaban J connectivity index is 1.72. The van der Waals surface area contributed by atoms with Gasteiger partial charge in [-0.15, -0.1) is 0 Å². The maximum atomic E-state index is 12.7. The highest BCUT2D eigenvalue weighted by Crippen LogP contribution is 2.33. The number of anilines is 1. The Kier molecular flexibility index (Phi) is 3.68. The van der Waals surface area contributed by atoms with E-state index in [1.807, 2.05) is 37.2 Å². The highest BCUT2D eigenvalue weighted by molar-refractivity contribution is 6.16. The Hall–Kier alpha value is -3.29. The van der Waals surface area contributed by atoms with Crippen molar-refractivity contribution in [3.63, 3.8) is 0 Å². The van der Waals surface area contributed by atoms with E-state index in [-0.39, 0.29) is 5.91 Å². The van der Waals surface area contributed by atoms with Gasteiger partial charge < -0.3 is 0 Å². The summed E-state index contributed by atoms with van der Waals surface area (Å²) in [5.41, 5.74) is 6.73. The highest BCUT2D eigenvalue weighted by atomic mass is 16.2. The zero-order valence-corrected chi connectivity index (χ0v) is 16.2. The van der Waals surface area contributed by atoms with Gasteiger partial charge in [-0.2, -0.15) is 10.2 Å². The predicted octanol–water partition coefficient (Wildman–Crippen LogP) is 2.09. The number of fused-ring (bicyclic) bond motifs is 6. The van der Waals surface area contributed by atoms with Gasteiger partial charge in [0.2, 0.25) is 5.91 Å². The number of amides is 1. The molecule has 1 amide bonds. The zero-order valence-electron chi connectivity index (χ0n) is 16.2. The normalized spacial score (nSPS) is 16.0. The summed E-state index contributed by atoms with van der Waals surface area (Å²) in [5, 5.41) is 9.16. The molecule has 0 aromatic carbocycles. The molecule has 28 heavy (non-hydrogen) atoms. The maximum absolute atomic E-state index is 12.7. The summed E-state index contributed by atoms with van der Waals surface area (Å²) in [6.07, 6.45) is 6.97. The van der Waals surface area contributed by atoms with E-state index in [9.17, 15) is 4.79 Å². The number of aromatic nitrogens is 5. The first kappa shape index (κ1) is 16.9. The molecule has 0 radical (unpaired) electrons. The van der Waals surface area contributed by atoms with Crippen LogP contribution in [-0.4, -0.2) is 43.2 Å². The molecule has 3 aromatic rings. The van der Waals surface area contributed by atoms with Crippen LogP contribution >= 0.6 is 0 Å². The zero-order chi connectivity index (χ0) is 19.4. The topological polar surface area (TPSA) is 81.2 Å². The standard InChI is InChI=1S/C20H21N7O/c1-12-15-11-27(23-12)6-4-5-18(28)26(3)20-16(10-25(2)24-20)13-7-14-17(21-8-13)9-22-19(14)15/h7-8,10-11H,4-6,9H2,1-3H3. The highest BCUT2D eigenvalue weighted by Gasteiger charge is 2.25. The van der Waals surface area contributed by atoms with E-state index in [4.69, 9.17) is 4.99 Å². The fourth-order valence-corrected chi connectivity index (χ4v) is 3.91. The molecular weight excluding hydrogens is 354 g/mol. The number of aryl methyl sites for hydroxylation is 3. The van der Waals surface area contributed by atoms with Gasteiger partial charge in [0.15, 0.2) is 5.82 Å². The van der Waals surface area contributed by atoms with Crippen molar-refractivity contribution < 1.29 is 4.79 Å². The van der Waals surface area contributed by atoms with Crippen molar-refractivity contribution in [2.45, 2.75) is 32.9 Å². The average Bonchev–Trinajstić information content (AvgIpc) is 3.36. The fraction of sp³-hybridized carbons (Fsp3) is 0.350. The molecule has 0 saturated carbocycles. The molecule has 0 unspecified atom stereocenters. The lowest BCUT2D eigenvalue weighted by Crippen LogP contribution is -2.27. The number of hydrogen-bond donors (Lipinski definition) is 0. The molecule has 0 N–H and O–H groups in total. The summed E-state index contributed by atoms with van der Waals surface area (Å²) in [5.74, 6) is 0.690. The molecule has 2 aliphatic rings. The molecule has 4 bridgehead atoms. The Morgan fingerprint density at radius 1 is 1.07 bits per heavy atom. The van der Waals surface area contributed by atoms with Gasteiger partial charge in [-0.1, -0.05) is 0 Å². The van der Waals surface area contributed by atoms with Crippen LogP contribution in [0.1, 0.15) is 35.4 Å². The van der Waals surface area contributed by atoms with Crippen molar-refractivity contribution >= 4 is 17.4 Å². The van der Waals surface area contributed by atoms with Crippen LogP contribution < -0.4 is 4.90 Å². The van der Waals surface area contributed by atoms with Gasteiger partial charge in [-0.25, -0.2) is 0 Å². The molecule has 0 fully saturated rings. The SMILES string of the molecule is Cc1nn2cc1C1=NCc3ncc(cc31)-c1cn(C)nc1N(C)C(=O)CCC2. The Bertz CT molecular complexity index is 1140. The van der Waals surface area contributed by atoms with Crippen molar-refractivity contribution in [3.8, 4) is 11.1 Å². The molecule has 2 aliphatic heterocycles. The second-order valence-corrected chi connectivity index (χ2v) is 7.37. The Morgan fingerprint density at radius 2 is 1.93 bits per heavy atom. The minimum Gasteiger partial charge on any atom is -0.298 e. The van der Waals surface area contributed by atoms with Crippen molar-refractivity contribution in [2.24, 2.45) is 12.0 Å². The third-order valence-corrected chi connectivity index (χ3v) is 5.40. The largest absolute Gasteiger partial charge is 0.298 e. The van der Waals surface area contributed by atoms with E-state index in [2.05, 4.69) is 21.2 Å². The first-order chi connectivity index (χ1) is 13.5. The van der Waals surface area contributed by atoms with Crippen molar-refractivity contribution in [1.29, 1.82) is 0 Å². The van der Waals surface area contributed by atoms with Crippen LogP contribution in [-0.2, 0) is 24.9 Å². The second-order valence-electron chi connectivity index (χ2n) is 7.37. The smallest absolute Gasteiger partial charge is 0.228 e. The van der Waals surface area contributed by atoms with Crippen LogP contribution in [0, 0.1) is 6.92 Å². The minimum atomic E-state index is 0.0393. The summed E-state index contributed by atoms with van der Waals surface area (Å²) in [7, 11) is 3.65. The summed E-state index contributed by atoms with van der Waals surface area (Å²) in [4.78, 5) is 23.8. The first-order valence-corrected chi connectivity index (χ1v) is 9.40. The van der Waals surface area contributed by atoms with Gasteiger partial charge in [-0.05, 0) is 19.4 Å². The van der Waals surface area contributed by atoms with Crippen LogP contribution in [0.3, 0.4) is 0 Å². The molecule has 0 atom stereocenters. The lowest BCUT2D eigenvalue weighted by Gasteiger charge is -2.17. The van der Waals surface area contributed by atoms with Gasteiger partial charge in [-0.3, -0.25) is 29.0 Å². The number of nitrogens with zero attached hydrogens (tertiary/aromatic N) is 7. The van der Waals surface area contributed by atoms with Crippen LogP contribution in [0.4, 0.5) is 5.82 Å². The summed E-state index contributed by atoms with van der Waals surface area (Å²) >= 11 is 0. The molecule has 8 heteroatoms. The molecule has 142 valence electrons. The summed E-state index contributed by atoms with van der Waals surface area (Å²) in [6, 6.07) is 2.11. The number of carbonyl (C=O) groups is 1. The van der Waals surface area contributed by atoms with Crippen molar-refractivity contribution in [3.05, 3.63) is 47.2 Å². The molecule has 0 saturated heterocycles. The number of pyridine rings is 1. The lowest BCUT2D eigenvalue weighted by molar-refractivity contribution is -0.118. The van der Waals surface area contributed by atoms with Crippen LogP contribution in [0.2, 0.25) is 0 Å². The molecule has 5 heterocycles. The molecule has 0 aliphatic carbocycles. The monoisotopic (exact) mass is 375 g/mol. The Labute approximate surface area is 162 Å². The summed E-state index contributed by atoms with van der Waals surface area (Å²) < 4.78 is 3.65. The van der Waals surface area contributed by atoms with Gasteiger partial charge in [0, 0.05) is 67.9 Å². The second kappa shape index (κ2) is 6.12. The quantitative estimate of drug-likeness (QED) is 0.603. The number of aliphatic imine (C=N–C) groups is 1. The van der Waals surface area contributed by atoms with Gasteiger partial charge in [0.05, 0.1) is 23.6 Å². The van der Waals surface area contributed by atoms with Crippen LogP contribution in [0.5, 0.6) is 0 Å². The minimum absolute atomic E-state index is 0.0393. The molecule has 3 aromatic heterocycles. The third-order valence-electron chi connectivity index (χ3n) is 5.40. The molecular formula is C20H21N7O. The first-order valence-electron chi connectivity index (χ1n) is 9.40. The van der Waals surface area contributed by atoms with E-state index in [1.54, 1.807) is 16.6 Å². The number of carbonyl (C=O) groups excluding carboxylic acids is 1. The number of hydrogen-bond acceptors (Lipinski definition) is 5. The van der Waals surface area contributed by atoms with Gasteiger partial charge in [0.25, 0.3) is 0 Å². The summed E-state index contributed by atoms with van der Waals surface area (Å²) in [6.45, 7) is 3.27. The Morgan fingerprint density at radius 3 is 2.79 bits per heavy atom. The fourth-order valence-electron chi connectivity index (χ4n) is 3.91. The van der Waals surface area contributed by atoms with E-state index >= 15 is 0 Å². The van der Waals surface area contributed by atoms with E-state index in [0.29, 0.717) is 25.3 Å². The number of rotatable bonds is 0. The molecule has 5 rings (SSSR count). The van der Waals surface area contributed by atoms with Crippen molar-refractivity contribution in [1.82, 2.24) is 24.5 Å². The third kappa shape index (κ3) is 2.56. The molecule has 8 nitrogen and oxygen atoms in total. The van der Waals surface area contributed by atoms with Crippen LogP contribution in [0.25, 0.3) is 11.1 Å². The van der Waals surface area contributed by atoms with Crippen LogP contribution in [0.15, 0.2) is 29.6 Å². The maximum Gasteiger partial charge on any atom is 0.228 e.